The fraction of sp³-hybridized carbons (Fsp3) is 0.323. The SMILES string of the molecule is C[C@H](NC(=O)c1ccco1)C(=O)N1CCCN(CCCOc2ccc(-c3noc(-c4ccc5nc[nH]c5c4)n3)c(F)c2)CC1. The van der Waals surface area contributed by atoms with Crippen LogP contribution >= 0.6 is 0 Å². The van der Waals surface area contributed by atoms with Gasteiger partial charge in [-0.05, 0) is 68.8 Å². The highest BCUT2D eigenvalue weighted by molar-refractivity contribution is 5.95. The van der Waals surface area contributed by atoms with Crippen molar-refractivity contribution in [3.8, 4) is 28.6 Å². The number of H-pyrrole nitrogens is 1. The van der Waals surface area contributed by atoms with Gasteiger partial charge in [0.25, 0.3) is 11.8 Å². The molecule has 228 valence electrons. The summed E-state index contributed by atoms with van der Waals surface area (Å²) < 4.78 is 31.3. The summed E-state index contributed by atoms with van der Waals surface area (Å²) in [4.78, 5) is 40.8. The van der Waals surface area contributed by atoms with Gasteiger partial charge in [0, 0.05) is 37.8 Å². The van der Waals surface area contributed by atoms with Gasteiger partial charge in [-0.25, -0.2) is 9.37 Å². The number of hydrogen-bond acceptors (Lipinski definition) is 9. The van der Waals surface area contributed by atoms with E-state index in [0.29, 0.717) is 31.0 Å². The van der Waals surface area contributed by atoms with Gasteiger partial charge in [0.15, 0.2) is 5.76 Å². The van der Waals surface area contributed by atoms with Gasteiger partial charge >= 0.3 is 0 Å². The maximum Gasteiger partial charge on any atom is 0.287 e. The van der Waals surface area contributed by atoms with Gasteiger partial charge in [0.1, 0.15) is 17.6 Å². The number of furan rings is 1. The number of halogens is 1. The van der Waals surface area contributed by atoms with E-state index < -0.39 is 17.8 Å². The number of aromatic amines is 1. The van der Waals surface area contributed by atoms with Crippen molar-refractivity contribution in [2.75, 3.05) is 39.3 Å². The summed E-state index contributed by atoms with van der Waals surface area (Å²) in [5, 5.41) is 6.66. The maximum atomic E-state index is 15.0. The lowest BCUT2D eigenvalue weighted by Crippen LogP contribution is -2.48. The van der Waals surface area contributed by atoms with Crippen LogP contribution in [0.2, 0.25) is 0 Å². The number of carbonyl (C=O) groups is 2. The lowest BCUT2D eigenvalue weighted by atomic mass is 10.2. The minimum atomic E-state index is -0.654. The molecule has 5 aromatic rings. The summed E-state index contributed by atoms with van der Waals surface area (Å²) in [7, 11) is 0. The molecule has 3 aromatic heterocycles. The second-order valence-corrected chi connectivity index (χ2v) is 10.6. The molecule has 0 unspecified atom stereocenters. The number of nitrogens with one attached hydrogen (secondary N) is 2. The molecule has 1 aliphatic rings. The molecule has 0 saturated carbocycles. The molecular weight excluding hydrogens is 569 g/mol. The van der Waals surface area contributed by atoms with E-state index in [9.17, 15) is 14.0 Å². The summed E-state index contributed by atoms with van der Waals surface area (Å²) in [6.45, 7) is 5.64. The van der Waals surface area contributed by atoms with Crippen molar-refractivity contribution in [2.45, 2.75) is 25.8 Å². The average molecular weight is 602 g/mol. The minimum Gasteiger partial charge on any atom is -0.493 e. The molecular formula is C31H32FN7O5. The first kappa shape index (κ1) is 29.1. The molecule has 44 heavy (non-hydrogen) atoms. The molecule has 2 N–H and O–H groups in total. The molecule has 13 heteroatoms. The van der Waals surface area contributed by atoms with Gasteiger partial charge in [0.2, 0.25) is 11.7 Å². The zero-order valence-electron chi connectivity index (χ0n) is 24.2. The average Bonchev–Trinajstić information content (AvgIpc) is 3.80. The highest BCUT2D eigenvalue weighted by Gasteiger charge is 2.25. The summed E-state index contributed by atoms with van der Waals surface area (Å²) in [6, 6.07) is 12.6. The Kier molecular flexibility index (Phi) is 8.64. The molecule has 12 nitrogen and oxygen atoms in total. The Morgan fingerprint density at radius 3 is 2.89 bits per heavy atom. The van der Waals surface area contributed by atoms with E-state index in [4.69, 9.17) is 13.7 Å². The van der Waals surface area contributed by atoms with Crippen molar-refractivity contribution >= 4 is 22.8 Å². The molecule has 1 atom stereocenters. The minimum absolute atomic E-state index is 0.117. The van der Waals surface area contributed by atoms with Crippen LogP contribution in [0.4, 0.5) is 4.39 Å². The number of fused-ring (bicyclic) bond motifs is 1. The van der Waals surface area contributed by atoms with Crippen molar-refractivity contribution in [1.29, 1.82) is 0 Å². The molecule has 2 amide bonds. The Labute approximate surface area is 252 Å². The summed E-state index contributed by atoms with van der Waals surface area (Å²) in [5.41, 5.74) is 2.57. The largest absolute Gasteiger partial charge is 0.493 e. The summed E-state index contributed by atoms with van der Waals surface area (Å²) >= 11 is 0. The Morgan fingerprint density at radius 2 is 2.05 bits per heavy atom. The maximum absolute atomic E-state index is 15.0. The molecule has 0 aliphatic carbocycles. The number of ether oxygens (including phenoxy) is 1. The van der Waals surface area contributed by atoms with Gasteiger partial charge in [0.05, 0.1) is 35.8 Å². The third-order valence-electron chi connectivity index (χ3n) is 7.53. The standard InChI is InChI=1S/C31H32FN7O5/c1-20(35-29(40)27-5-2-15-43-27)31(41)39-12-3-10-38(13-14-39)11-4-16-42-22-7-8-23(24(32)18-22)28-36-30(44-37-28)21-6-9-25-26(17-21)34-19-33-25/h2,5-9,15,17-20H,3-4,10-14,16H2,1H3,(H,33,34)(H,35,40)/t20-/m0/s1. The number of nitrogens with zero attached hydrogens (tertiary/aromatic N) is 5. The van der Waals surface area contributed by atoms with Crippen LogP contribution in [0.15, 0.2) is 70.1 Å². The number of imidazole rings is 1. The number of carbonyl (C=O) groups excluding carboxylic acids is 2. The first-order valence-electron chi connectivity index (χ1n) is 14.5. The van der Waals surface area contributed by atoms with Crippen molar-refractivity contribution in [2.24, 2.45) is 0 Å². The van der Waals surface area contributed by atoms with E-state index in [0.717, 1.165) is 43.5 Å². The third-order valence-corrected chi connectivity index (χ3v) is 7.53. The van der Waals surface area contributed by atoms with Gasteiger partial charge in [-0.15, -0.1) is 0 Å². The van der Waals surface area contributed by atoms with Crippen molar-refractivity contribution in [1.82, 2.24) is 35.2 Å². The molecule has 6 rings (SSSR count). The topological polar surface area (TPSA) is 143 Å². The van der Waals surface area contributed by atoms with Crippen LogP contribution in [0.3, 0.4) is 0 Å². The zero-order valence-corrected chi connectivity index (χ0v) is 24.2. The quantitative estimate of drug-likeness (QED) is 0.226. The number of rotatable bonds is 10. The molecule has 1 fully saturated rings. The van der Waals surface area contributed by atoms with E-state index in [1.54, 1.807) is 42.4 Å². The fourth-order valence-electron chi connectivity index (χ4n) is 5.19. The highest BCUT2D eigenvalue weighted by atomic mass is 19.1. The van der Waals surface area contributed by atoms with Gasteiger partial charge in [-0.2, -0.15) is 4.98 Å². The van der Waals surface area contributed by atoms with Crippen LogP contribution in [-0.2, 0) is 4.79 Å². The predicted octanol–water partition coefficient (Wildman–Crippen LogP) is 4.13. The Balaban J connectivity index is 0.951. The lowest BCUT2D eigenvalue weighted by Gasteiger charge is -2.25. The Bertz CT molecular complexity index is 1730. The molecule has 1 saturated heterocycles. The predicted molar refractivity (Wildman–Crippen MR) is 158 cm³/mol. The second-order valence-electron chi connectivity index (χ2n) is 10.6. The fourth-order valence-corrected chi connectivity index (χ4v) is 5.19. The zero-order chi connectivity index (χ0) is 30.5. The van der Waals surface area contributed by atoms with E-state index >= 15 is 0 Å². The van der Waals surface area contributed by atoms with Gasteiger partial charge in [-0.1, -0.05) is 5.16 Å². The lowest BCUT2D eigenvalue weighted by molar-refractivity contribution is -0.132. The second kappa shape index (κ2) is 13.1. The molecule has 0 radical (unpaired) electrons. The van der Waals surface area contributed by atoms with E-state index in [1.807, 2.05) is 18.2 Å². The number of hydrogen-bond donors (Lipinski definition) is 2. The van der Waals surface area contributed by atoms with Crippen LogP contribution < -0.4 is 10.1 Å². The number of benzene rings is 2. The summed E-state index contributed by atoms with van der Waals surface area (Å²) in [6.07, 6.45) is 4.59. The van der Waals surface area contributed by atoms with E-state index in [2.05, 4.69) is 30.3 Å². The van der Waals surface area contributed by atoms with Crippen LogP contribution in [0.5, 0.6) is 5.75 Å². The molecule has 0 bridgehead atoms. The Morgan fingerprint density at radius 1 is 1.14 bits per heavy atom. The monoisotopic (exact) mass is 601 g/mol. The Hall–Kier alpha value is -5.04. The van der Waals surface area contributed by atoms with Crippen molar-refractivity contribution in [3.05, 3.63) is 72.7 Å². The number of amides is 2. The van der Waals surface area contributed by atoms with Crippen LogP contribution in [-0.4, -0.2) is 87.1 Å². The molecule has 1 aliphatic heterocycles. The normalized spacial score (nSPS) is 14.8. The van der Waals surface area contributed by atoms with E-state index in [1.165, 1.54) is 12.3 Å². The van der Waals surface area contributed by atoms with Crippen LogP contribution in [0.25, 0.3) is 33.9 Å². The van der Waals surface area contributed by atoms with Gasteiger partial charge < -0.3 is 33.8 Å². The molecule has 0 spiro atoms. The first-order valence-corrected chi connectivity index (χ1v) is 14.5. The molecule has 4 heterocycles. The van der Waals surface area contributed by atoms with Crippen LogP contribution in [0, 0.1) is 5.82 Å². The number of aromatic nitrogens is 4. The first-order chi connectivity index (χ1) is 21.4. The van der Waals surface area contributed by atoms with Gasteiger partial charge in [-0.3, -0.25) is 9.59 Å². The highest BCUT2D eigenvalue weighted by Crippen LogP contribution is 2.28. The smallest absolute Gasteiger partial charge is 0.287 e. The van der Waals surface area contributed by atoms with E-state index in [-0.39, 0.29) is 28.9 Å². The van der Waals surface area contributed by atoms with Crippen LogP contribution in [0.1, 0.15) is 30.3 Å². The summed E-state index contributed by atoms with van der Waals surface area (Å²) in [5.74, 6) is -0.0172. The third kappa shape index (κ3) is 6.62. The van der Waals surface area contributed by atoms with Crippen molar-refractivity contribution < 1.29 is 27.7 Å². The molecule has 2 aromatic carbocycles. The van der Waals surface area contributed by atoms with Crippen molar-refractivity contribution in [3.63, 3.8) is 0 Å².